The second kappa shape index (κ2) is 5.70. The van der Waals surface area contributed by atoms with Crippen LogP contribution in [0.4, 0.5) is 0 Å². The topological polar surface area (TPSA) is 40.5 Å². The molecule has 0 bridgehead atoms. The first-order valence-corrected chi connectivity index (χ1v) is 7.11. The summed E-state index contributed by atoms with van der Waals surface area (Å²) < 4.78 is 0. The average molecular weight is 302 g/mol. The molecular formula is C14H17Cl2NO2. The van der Waals surface area contributed by atoms with Gasteiger partial charge in [-0.3, -0.25) is 9.69 Å². The average Bonchev–Trinajstić information content (AvgIpc) is 2.73. The summed E-state index contributed by atoms with van der Waals surface area (Å²) >= 11 is 12.2. The monoisotopic (exact) mass is 301 g/mol. The molecule has 0 spiro atoms. The summed E-state index contributed by atoms with van der Waals surface area (Å²) in [7, 11) is 0. The minimum atomic E-state index is -0.723. The van der Waals surface area contributed by atoms with E-state index in [1.807, 2.05) is 19.9 Å². The van der Waals surface area contributed by atoms with E-state index in [1.165, 1.54) is 0 Å². The van der Waals surface area contributed by atoms with Crippen LogP contribution in [0.1, 0.15) is 31.9 Å². The number of carboxylic acid groups (broad SMARTS) is 1. The number of nitrogens with zero attached hydrogens (tertiary/aromatic N) is 1. The van der Waals surface area contributed by atoms with Gasteiger partial charge in [-0.05, 0) is 50.6 Å². The SMILES string of the molecule is CC(c1cc(Cl)ccc1Cl)N1CCC(C(=O)O)C1C. The van der Waals surface area contributed by atoms with E-state index in [2.05, 4.69) is 4.90 Å². The zero-order valence-electron chi connectivity index (χ0n) is 10.9. The summed E-state index contributed by atoms with van der Waals surface area (Å²) in [6.07, 6.45) is 0.680. The Bertz CT molecular complexity index is 492. The summed E-state index contributed by atoms with van der Waals surface area (Å²) in [4.78, 5) is 13.3. The second-order valence-electron chi connectivity index (χ2n) is 5.05. The molecular weight excluding hydrogens is 285 g/mol. The molecule has 104 valence electrons. The van der Waals surface area contributed by atoms with E-state index in [-0.39, 0.29) is 18.0 Å². The molecule has 1 aromatic rings. The molecule has 2 rings (SSSR count). The van der Waals surface area contributed by atoms with Crippen LogP contribution in [0.15, 0.2) is 18.2 Å². The summed E-state index contributed by atoms with van der Waals surface area (Å²) in [6.45, 7) is 4.77. The number of hydrogen-bond acceptors (Lipinski definition) is 2. The Morgan fingerprint density at radius 2 is 2.16 bits per heavy atom. The molecule has 1 aromatic carbocycles. The van der Waals surface area contributed by atoms with Crippen molar-refractivity contribution in [2.45, 2.75) is 32.4 Å². The second-order valence-corrected chi connectivity index (χ2v) is 5.90. The largest absolute Gasteiger partial charge is 0.481 e. The number of carboxylic acids is 1. The maximum absolute atomic E-state index is 11.2. The van der Waals surface area contributed by atoms with E-state index < -0.39 is 5.97 Å². The van der Waals surface area contributed by atoms with Gasteiger partial charge in [-0.1, -0.05) is 23.2 Å². The zero-order valence-corrected chi connectivity index (χ0v) is 12.4. The van der Waals surface area contributed by atoms with Crippen molar-refractivity contribution in [3.8, 4) is 0 Å². The van der Waals surface area contributed by atoms with Gasteiger partial charge in [0.1, 0.15) is 0 Å². The maximum atomic E-state index is 11.2. The van der Waals surface area contributed by atoms with Crippen molar-refractivity contribution in [3.63, 3.8) is 0 Å². The van der Waals surface area contributed by atoms with Crippen LogP contribution in [0.25, 0.3) is 0 Å². The molecule has 19 heavy (non-hydrogen) atoms. The molecule has 1 saturated heterocycles. The van der Waals surface area contributed by atoms with E-state index in [4.69, 9.17) is 23.2 Å². The van der Waals surface area contributed by atoms with Crippen LogP contribution in [-0.2, 0) is 4.79 Å². The van der Waals surface area contributed by atoms with Crippen molar-refractivity contribution in [1.29, 1.82) is 0 Å². The smallest absolute Gasteiger partial charge is 0.308 e. The third kappa shape index (κ3) is 2.88. The number of likely N-dealkylation sites (tertiary alicyclic amines) is 1. The number of benzene rings is 1. The van der Waals surface area contributed by atoms with Crippen molar-refractivity contribution >= 4 is 29.2 Å². The van der Waals surface area contributed by atoms with Gasteiger partial charge in [-0.2, -0.15) is 0 Å². The molecule has 0 radical (unpaired) electrons. The van der Waals surface area contributed by atoms with Crippen molar-refractivity contribution in [1.82, 2.24) is 4.90 Å². The minimum Gasteiger partial charge on any atom is -0.481 e. The fourth-order valence-corrected chi connectivity index (χ4v) is 3.31. The van der Waals surface area contributed by atoms with Gasteiger partial charge >= 0.3 is 5.97 Å². The highest BCUT2D eigenvalue weighted by atomic mass is 35.5. The fraction of sp³-hybridized carbons (Fsp3) is 0.500. The van der Waals surface area contributed by atoms with Crippen LogP contribution in [0.3, 0.4) is 0 Å². The Hall–Kier alpha value is -0.770. The third-order valence-corrected chi connectivity index (χ3v) is 4.61. The minimum absolute atomic E-state index is 0.00236. The lowest BCUT2D eigenvalue weighted by atomic mass is 10.0. The molecule has 3 nitrogen and oxygen atoms in total. The summed E-state index contributed by atoms with van der Waals surface area (Å²) in [6, 6.07) is 5.46. The van der Waals surface area contributed by atoms with Gasteiger partial charge in [-0.25, -0.2) is 0 Å². The van der Waals surface area contributed by atoms with Gasteiger partial charge in [0, 0.05) is 22.1 Å². The molecule has 1 aliphatic rings. The molecule has 5 heteroatoms. The molecule has 1 heterocycles. The number of hydrogen-bond donors (Lipinski definition) is 1. The Kier molecular flexibility index (Phi) is 4.39. The van der Waals surface area contributed by atoms with Crippen LogP contribution < -0.4 is 0 Å². The standard InChI is InChI=1S/C14H17Cl2NO2/c1-8-11(14(18)19)5-6-17(8)9(2)12-7-10(15)3-4-13(12)16/h3-4,7-9,11H,5-6H2,1-2H3,(H,18,19). The highest BCUT2D eigenvalue weighted by Crippen LogP contribution is 2.36. The van der Waals surface area contributed by atoms with Gasteiger partial charge in [0.15, 0.2) is 0 Å². The van der Waals surface area contributed by atoms with E-state index >= 15 is 0 Å². The first-order chi connectivity index (χ1) is 8.91. The van der Waals surface area contributed by atoms with Crippen molar-refractivity contribution < 1.29 is 9.90 Å². The lowest BCUT2D eigenvalue weighted by Crippen LogP contribution is -2.35. The Morgan fingerprint density at radius 1 is 1.47 bits per heavy atom. The van der Waals surface area contributed by atoms with E-state index in [9.17, 15) is 9.90 Å². The molecule has 0 aromatic heterocycles. The first kappa shape index (κ1) is 14.6. The molecule has 1 N–H and O–H groups in total. The Morgan fingerprint density at radius 3 is 2.74 bits per heavy atom. The quantitative estimate of drug-likeness (QED) is 0.922. The summed E-state index contributed by atoms with van der Waals surface area (Å²) in [5.74, 6) is -1.03. The molecule has 0 amide bonds. The van der Waals surface area contributed by atoms with Gasteiger partial charge in [-0.15, -0.1) is 0 Å². The Labute approximate surface area is 123 Å². The Balaban J connectivity index is 2.23. The van der Waals surface area contributed by atoms with Crippen LogP contribution >= 0.6 is 23.2 Å². The third-order valence-electron chi connectivity index (χ3n) is 4.03. The van der Waals surface area contributed by atoms with Crippen LogP contribution in [0.2, 0.25) is 10.0 Å². The van der Waals surface area contributed by atoms with Crippen LogP contribution in [0, 0.1) is 5.92 Å². The predicted molar refractivity (Wildman–Crippen MR) is 76.8 cm³/mol. The van der Waals surface area contributed by atoms with Crippen LogP contribution in [0.5, 0.6) is 0 Å². The van der Waals surface area contributed by atoms with Gasteiger partial charge < -0.3 is 5.11 Å². The van der Waals surface area contributed by atoms with Gasteiger partial charge in [0.05, 0.1) is 5.92 Å². The zero-order chi connectivity index (χ0) is 14.2. The molecule has 0 saturated carbocycles. The lowest BCUT2D eigenvalue weighted by molar-refractivity contribution is -0.142. The van der Waals surface area contributed by atoms with E-state index in [0.717, 1.165) is 12.1 Å². The molecule has 1 fully saturated rings. The van der Waals surface area contributed by atoms with Crippen LogP contribution in [-0.4, -0.2) is 28.6 Å². The van der Waals surface area contributed by atoms with Crippen molar-refractivity contribution in [2.24, 2.45) is 5.92 Å². The maximum Gasteiger partial charge on any atom is 0.308 e. The number of aliphatic carboxylic acids is 1. The van der Waals surface area contributed by atoms with Gasteiger partial charge in [0.2, 0.25) is 0 Å². The van der Waals surface area contributed by atoms with E-state index in [0.29, 0.717) is 16.5 Å². The highest BCUT2D eigenvalue weighted by molar-refractivity contribution is 6.33. The molecule has 3 unspecified atom stereocenters. The molecule has 0 aliphatic carbocycles. The predicted octanol–water partition coefficient (Wildman–Crippen LogP) is 3.85. The fourth-order valence-electron chi connectivity index (χ4n) is 2.85. The number of rotatable bonds is 3. The summed E-state index contributed by atoms with van der Waals surface area (Å²) in [5, 5.41) is 10.5. The lowest BCUT2D eigenvalue weighted by Gasteiger charge is -2.30. The number of carbonyl (C=O) groups is 1. The van der Waals surface area contributed by atoms with Crippen molar-refractivity contribution in [3.05, 3.63) is 33.8 Å². The van der Waals surface area contributed by atoms with Crippen molar-refractivity contribution in [2.75, 3.05) is 6.54 Å². The molecule has 3 atom stereocenters. The normalized spacial score (nSPS) is 25.5. The van der Waals surface area contributed by atoms with Gasteiger partial charge in [0.25, 0.3) is 0 Å². The van der Waals surface area contributed by atoms with E-state index in [1.54, 1.807) is 12.1 Å². The highest BCUT2D eigenvalue weighted by Gasteiger charge is 2.38. The number of halogens is 2. The molecule has 1 aliphatic heterocycles. The summed E-state index contributed by atoms with van der Waals surface area (Å²) in [5.41, 5.74) is 0.951. The first-order valence-electron chi connectivity index (χ1n) is 6.35.